The Morgan fingerprint density at radius 2 is 1.96 bits per heavy atom. The summed E-state index contributed by atoms with van der Waals surface area (Å²) in [7, 11) is 0. The molecule has 120 valence electrons. The van der Waals surface area contributed by atoms with Crippen LogP contribution in [0.3, 0.4) is 0 Å². The van der Waals surface area contributed by atoms with Crippen LogP contribution < -0.4 is 0 Å². The molecule has 5 heteroatoms. The summed E-state index contributed by atoms with van der Waals surface area (Å²) in [6.45, 7) is 2.06. The third-order valence-corrected chi connectivity index (χ3v) is 5.11. The number of imidazole rings is 1. The average Bonchev–Trinajstić information content (AvgIpc) is 3.23. The fraction of sp³-hybridized carbons (Fsp3) is 0.444. The summed E-state index contributed by atoms with van der Waals surface area (Å²) < 4.78 is 0. The molecule has 0 bridgehead atoms. The maximum absolute atomic E-state index is 10.9. The molecule has 1 aromatic carbocycles. The summed E-state index contributed by atoms with van der Waals surface area (Å²) in [5, 5.41) is 8.98. The smallest absolute Gasteiger partial charge is 0.335 e. The van der Waals surface area contributed by atoms with Crippen molar-refractivity contribution in [3.05, 3.63) is 41.2 Å². The van der Waals surface area contributed by atoms with Gasteiger partial charge in [0.25, 0.3) is 0 Å². The van der Waals surface area contributed by atoms with Gasteiger partial charge in [-0.2, -0.15) is 0 Å². The highest BCUT2D eigenvalue weighted by Gasteiger charge is 2.27. The highest BCUT2D eigenvalue weighted by Crippen LogP contribution is 2.29. The van der Waals surface area contributed by atoms with Crippen molar-refractivity contribution >= 4 is 5.97 Å². The van der Waals surface area contributed by atoms with Gasteiger partial charge in [0.15, 0.2) is 0 Å². The van der Waals surface area contributed by atoms with E-state index in [2.05, 4.69) is 9.88 Å². The molecule has 0 radical (unpaired) electrons. The molecule has 1 fully saturated rings. The Hall–Kier alpha value is -2.14. The predicted octanol–water partition coefficient (Wildman–Crippen LogP) is 3.08. The largest absolute Gasteiger partial charge is 0.478 e. The fourth-order valence-electron chi connectivity index (χ4n) is 3.80. The van der Waals surface area contributed by atoms with Gasteiger partial charge in [-0.25, -0.2) is 9.78 Å². The highest BCUT2D eigenvalue weighted by atomic mass is 16.4. The van der Waals surface area contributed by atoms with E-state index in [4.69, 9.17) is 10.1 Å². The zero-order chi connectivity index (χ0) is 15.8. The van der Waals surface area contributed by atoms with Gasteiger partial charge >= 0.3 is 5.97 Å². The van der Waals surface area contributed by atoms with Crippen LogP contribution in [0, 0.1) is 0 Å². The van der Waals surface area contributed by atoms with Gasteiger partial charge in [0.05, 0.1) is 17.0 Å². The molecule has 0 saturated heterocycles. The minimum absolute atomic E-state index is 0.303. The van der Waals surface area contributed by atoms with Crippen molar-refractivity contribution in [2.45, 2.75) is 44.7 Å². The topological polar surface area (TPSA) is 69.2 Å². The molecule has 23 heavy (non-hydrogen) atoms. The predicted molar refractivity (Wildman–Crippen MR) is 87.4 cm³/mol. The number of carboxylic acid groups (broad SMARTS) is 1. The first-order chi connectivity index (χ1) is 11.2. The van der Waals surface area contributed by atoms with Crippen molar-refractivity contribution in [3.63, 3.8) is 0 Å². The van der Waals surface area contributed by atoms with Gasteiger partial charge in [0, 0.05) is 31.1 Å². The molecule has 2 N–H and O–H groups in total. The van der Waals surface area contributed by atoms with Gasteiger partial charge in [-0.15, -0.1) is 0 Å². The maximum Gasteiger partial charge on any atom is 0.335 e. The SMILES string of the molecule is O=C(O)c1ccc(-c2nc3c([nH]2)CN(C2CCCC2)CC3)cc1. The lowest BCUT2D eigenvalue weighted by atomic mass is 10.1. The average molecular weight is 311 g/mol. The Labute approximate surface area is 135 Å². The van der Waals surface area contributed by atoms with E-state index in [1.54, 1.807) is 12.1 Å². The molecule has 4 rings (SSSR count). The van der Waals surface area contributed by atoms with Crippen LogP contribution in [0.5, 0.6) is 0 Å². The van der Waals surface area contributed by atoms with Crippen LogP contribution in [0.25, 0.3) is 11.4 Å². The summed E-state index contributed by atoms with van der Waals surface area (Å²) in [4.78, 5) is 21.7. The molecule has 1 aliphatic carbocycles. The minimum Gasteiger partial charge on any atom is -0.478 e. The molecule has 5 nitrogen and oxygen atoms in total. The number of carboxylic acids is 1. The van der Waals surface area contributed by atoms with Crippen molar-refractivity contribution in [1.29, 1.82) is 0 Å². The number of benzene rings is 1. The van der Waals surface area contributed by atoms with E-state index in [-0.39, 0.29) is 0 Å². The molecule has 2 aliphatic rings. The number of fused-ring (bicyclic) bond motifs is 1. The Balaban J connectivity index is 1.55. The summed E-state index contributed by atoms with van der Waals surface area (Å²) in [5.74, 6) is -0.0531. The Morgan fingerprint density at radius 3 is 2.65 bits per heavy atom. The highest BCUT2D eigenvalue weighted by molar-refractivity contribution is 5.88. The van der Waals surface area contributed by atoms with Crippen LogP contribution in [-0.2, 0) is 13.0 Å². The van der Waals surface area contributed by atoms with Gasteiger partial charge in [0.2, 0.25) is 0 Å². The van der Waals surface area contributed by atoms with Crippen molar-refractivity contribution in [2.75, 3.05) is 6.54 Å². The van der Waals surface area contributed by atoms with Crippen LogP contribution >= 0.6 is 0 Å². The summed E-state index contributed by atoms with van der Waals surface area (Å²) in [5.41, 5.74) is 3.63. The second-order valence-corrected chi connectivity index (χ2v) is 6.55. The number of hydrogen-bond donors (Lipinski definition) is 2. The Morgan fingerprint density at radius 1 is 1.22 bits per heavy atom. The van der Waals surface area contributed by atoms with E-state index >= 15 is 0 Å². The fourth-order valence-corrected chi connectivity index (χ4v) is 3.80. The van der Waals surface area contributed by atoms with Crippen LogP contribution in [0.4, 0.5) is 0 Å². The monoisotopic (exact) mass is 311 g/mol. The van der Waals surface area contributed by atoms with Crippen LogP contribution in [0.15, 0.2) is 24.3 Å². The summed E-state index contributed by atoms with van der Waals surface area (Å²) in [6.07, 6.45) is 6.37. The number of hydrogen-bond acceptors (Lipinski definition) is 3. The van der Waals surface area contributed by atoms with E-state index in [1.165, 1.54) is 31.4 Å². The molecule has 0 spiro atoms. The molecular weight excluding hydrogens is 290 g/mol. The van der Waals surface area contributed by atoms with Crippen molar-refractivity contribution in [1.82, 2.24) is 14.9 Å². The van der Waals surface area contributed by atoms with Gasteiger partial charge in [-0.1, -0.05) is 25.0 Å². The summed E-state index contributed by atoms with van der Waals surface area (Å²) >= 11 is 0. The number of H-pyrrole nitrogens is 1. The number of nitrogens with one attached hydrogen (secondary N) is 1. The lowest BCUT2D eigenvalue weighted by Crippen LogP contribution is -2.37. The number of aromatic amines is 1. The number of nitrogens with zero attached hydrogens (tertiary/aromatic N) is 2. The van der Waals surface area contributed by atoms with Gasteiger partial charge < -0.3 is 10.1 Å². The standard InChI is InChI=1S/C18H21N3O2/c22-18(23)13-7-5-12(6-8-13)17-19-15-9-10-21(11-16(15)20-17)14-3-1-2-4-14/h5-8,14H,1-4,9-11H2,(H,19,20)(H,22,23). The number of rotatable bonds is 3. The lowest BCUT2D eigenvalue weighted by molar-refractivity contribution is 0.0697. The third kappa shape index (κ3) is 2.77. The Bertz CT molecular complexity index is 714. The van der Waals surface area contributed by atoms with Crippen LogP contribution in [-0.4, -0.2) is 38.5 Å². The first kappa shape index (κ1) is 14.5. The molecule has 1 aromatic heterocycles. The number of aromatic carboxylic acids is 1. The van der Waals surface area contributed by atoms with Crippen LogP contribution in [0.1, 0.15) is 47.4 Å². The zero-order valence-corrected chi connectivity index (χ0v) is 13.1. The first-order valence-corrected chi connectivity index (χ1v) is 8.36. The molecule has 2 aromatic rings. The van der Waals surface area contributed by atoms with E-state index in [0.29, 0.717) is 5.56 Å². The minimum atomic E-state index is -0.900. The number of carbonyl (C=O) groups is 1. The van der Waals surface area contributed by atoms with Gasteiger partial charge in [-0.3, -0.25) is 4.90 Å². The third-order valence-electron chi connectivity index (χ3n) is 5.11. The molecule has 0 atom stereocenters. The molecule has 1 aliphatic heterocycles. The van der Waals surface area contributed by atoms with Crippen LogP contribution in [0.2, 0.25) is 0 Å². The maximum atomic E-state index is 10.9. The lowest BCUT2D eigenvalue weighted by Gasteiger charge is -2.31. The van der Waals surface area contributed by atoms with Gasteiger partial charge in [0.1, 0.15) is 5.82 Å². The van der Waals surface area contributed by atoms with Gasteiger partial charge in [-0.05, 0) is 25.0 Å². The number of aromatic nitrogens is 2. The zero-order valence-electron chi connectivity index (χ0n) is 13.1. The molecule has 0 unspecified atom stereocenters. The summed E-state index contributed by atoms with van der Waals surface area (Å²) in [6, 6.07) is 7.64. The molecule has 1 saturated carbocycles. The first-order valence-electron chi connectivity index (χ1n) is 8.36. The van der Waals surface area contributed by atoms with Crippen molar-refractivity contribution < 1.29 is 9.90 Å². The molecule has 2 heterocycles. The van der Waals surface area contributed by atoms with E-state index in [9.17, 15) is 4.79 Å². The van der Waals surface area contributed by atoms with Crippen molar-refractivity contribution in [2.24, 2.45) is 0 Å². The van der Waals surface area contributed by atoms with Crippen molar-refractivity contribution in [3.8, 4) is 11.4 Å². The second kappa shape index (κ2) is 5.81. The molecule has 0 amide bonds. The van der Waals surface area contributed by atoms with E-state index in [0.717, 1.165) is 42.6 Å². The van der Waals surface area contributed by atoms with E-state index in [1.807, 2.05) is 12.1 Å². The Kier molecular flexibility index (Phi) is 3.65. The quantitative estimate of drug-likeness (QED) is 0.914. The van der Waals surface area contributed by atoms with E-state index < -0.39 is 5.97 Å². The second-order valence-electron chi connectivity index (χ2n) is 6.55. The molecular formula is C18H21N3O2. The normalized spacial score (nSPS) is 19.0.